The third-order valence-electron chi connectivity index (χ3n) is 7.21. The number of fused-ring (bicyclic) bond motifs is 1. The van der Waals surface area contributed by atoms with Crippen LogP contribution >= 0.6 is 0 Å². The maximum atomic E-state index is 13.6. The van der Waals surface area contributed by atoms with E-state index in [0.29, 0.717) is 43.3 Å². The van der Waals surface area contributed by atoms with Crippen LogP contribution in [0.1, 0.15) is 54.9 Å². The Bertz CT molecular complexity index is 1560. The maximum absolute atomic E-state index is 13.6. The van der Waals surface area contributed by atoms with Crippen LogP contribution in [0.4, 0.5) is 18.9 Å². The number of tetrazole rings is 1. The van der Waals surface area contributed by atoms with Gasteiger partial charge in [-0.25, -0.2) is 4.68 Å². The first-order valence-corrected chi connectivity index (χ1v) is 12.9. The minimum Gasteiger partial charge on any atom is -0.369 e. The highest BCUT2D eigenvalue weighted by Crippen LogP contribution is 2.34. The van der Waals surface area contributed by atoms with Gasteiger partial charge in [0.25, 0.3) is 5.56 Å². The number of aryl methyl sites for hydroxylation is 2. The van der Waals surface area contributed by atoms with Crippen molar-refractivity contribution in [1.29, 1.82) is 0 Å². The molecule has 5 rings (SSSR count). The molecular formula is C28H32F3N7O. The molecule has 1 fully saturated rings. The van der Waals surface area contributed by atoms with Gasteiger partial charge in [-0.3, -0.25) is 9.69 Å². The van der Waals surface area contributed by atoms with Crippen LogP contribution in [0.2, 0.25) is 0 Å². The summed E-state index contributed by atoms with van der Waals surface area (Å²) in [5.41, 5.74) is 2.59. The Labute approximate surface area is 224 Å². The number of hydrogen-bond donors (Lipinski definition) is 1. The quantitative estimate of drug-likeness (QED) is 0.401. The Hall–Kier alpha value is -3.73. The Morgan fingerprint density at radius 1 is 0.974 bits per heavy atom. The van der Waals surface area contributed by atoms with Crippen LogP contribution in [-0.2, 0) is 11.7 Å². The van der Waals surface area contributed by atoms with Crippen molar-refractivity contribution in [2.45, 2.75) is 52.4 Å². The first kappa shape index (κ1) is 26.9. The summed E-state index contributed by atoms with van der Waals surface area (Å²) in [7, 11) is 0. The standard InChI is InChI=1S/C28H32F3N7O/c1-17-13-18(2)23-19(14-17)15-22(26(39)32-23)24(25-33-34-35-38(25)27(3,4)5)37-11-9-36(10-12-37)21-8-6-7-20(16-21)28(29,30)31/h6-8,13-16,24H,9-12H2,1-5H3,(H,32,39)/t24-/m1/s1. The molecular weight excluding hydrogens is 507 g/mol. The molecule has 4 aromatic rings. The molecule has 0 saturated carbocycles. The second kappa shape index (κ2) is 9.78. The second-order valence-corrected chi connectivity index (χ2v) is 11.2. The molecule has 1 aliphatic rings. The van der Waals surface area contributed by atoms with Crippen molar-refractivity contribution in [3.63, 3.8) is 0 Å². The lowest BCUT2D eigenvalue weighted by molar-refractivity contribution is -0.137. The predicted octanol–water partition coefficient (Wildman–Crippen LogP) is 4.82. The van der Waals surface area contributed by atoms with E-state index < -0.39 is 23.3 Å². The molecule has 2 aromatic carbocycles. The summed E-state index contributed by atoms with van der Waals surface area (Å²) >= 11 is 0. The van der Waals surface area contributed by atoms with E-state index >= 15 is 0 Å². The zero-order valence-corrected chi connectivity index (χ0v) is 22.7. The number of H-pyrrole nitrogens is 1. The Morgan fingerprint density at radius 2 is 1.69 bits per heavy atom. The van der Waals surface area contributed by atoms with Gasteiger partial charge in [-0.05, 0) is 86.3 Å². The van der Waals surface area contributed by atoms with Gasteiger partial charge in [-0.2, -0.15) is 13.2 Å². The van der Waals surface area contributed by atoms with Gasteiger partial charge in [0.1, 0.15) is 6.04 Å². The van der Waals surface area contributed by atoms with Crippen molar-refractivity contribution in [2.75, 3.05) is 31.1 Å². The van der Waals surface area contributed by atoms with Gasteiger partial charge in [0.15, 0.2) is 5.82 Å². The van der Waals surface area contributed by atoms with Gasteiger partial charge >= 0.3 is 6.18 Å². The van der Waals surface area contributed by atoms with E-state index in [1.807, 2.05) is 57.7 Å². The third kappa shape index (κ3) is 5.27. The number of alkyl halides is 3. The third-order valence-corrected chi connectivity index (χ3v) is 7.21. The summed E-state index contributed by atoms with van der Waals surface area (Å²) in [5, 5.41) is 13.5. The number of benzene rings is 2. The van der Waals surface area contributed by atoms with Crippen LogP contribution in [0.25, 0.3) is 10.9 Å². The number of piperazine rings is 1. The van der Waals surface area contributed by atoms with E-state index in [1.54, 1.807) is 10.7 Å². The molecule has 2 aromatic heterocycles. The average Bonchev–Trinajstić information content (AvgIpc) is 3.35. The van der Waals surface area contributed by atoms with Gasteiger partial charge in [0.2, 0.25) is 0 Å². The fraction of sp³-hybridized carbons (Fsp3) is 0.429. The molecule has 11 heteroatoms. The predicted molar refractivity (Wildman–Crippen MR) is 144 cm³/mol. The molecule has 8 nitrogen and oxygen atoms in total. The SMILES string of the molecule is Cc1cc(C)c2[nH]c(=O)c([C@H](c3nnnn3C(C)(C)C)N3CCN(c4cccc(C(F)(F)F)c4)CC3)cc2c1. The average molecular weight is 540 g/mol. The minimum atomic E-state index is -4.40. The number of rotatable bonds is 4. The number of nitrogens with one attached hydrogen (secondary N) is 1. The highest BCUT2D eigenvalue weighted by atomic mass is 19.4. The van der Waals surface area contributed by atoms with E-state index in [2.05, 4.69) is 25.4 Å². The molecule has 39 heavy (non-hydrogen) atoms. The van der Waals surface area contributed by atoms with Crippen LogP contribution in [0, 0.1) is 13.8 Å². The summed E-state index contributed by atoms with van der Waals surface area (Å²) in [6.07, 6.45) is -4.40. The van der Waals surface area contributed by atoms with Crippen molar-refractivity contribution in [3.8, 4) is 0 Å². The van der Waals surface area contributed by atoms with Crippen molar-refractivity contribution < 1.29 is 13.2 Å². The molecule has 3 heterocycles. The largest absolute Gasteiger partial charge is 0.416 e. The number of nitrogens with zero attached hydrogens (tertiary/aromatic N) is 6. The highest BCUT2D eigenvalue weighted by molar-refractivity contribution is 5.83. The monoisotopic (exact) mass is 539 g/mol. The fourth-order valence-corrected chi connectivity index (χ4v) is 5.37. The number of halogens is 3. The maximum Gasteiger partial charge on any atom is 0.416 e. The Balaban J connectivity index is 1.54. The molecule has 0 unspecified atom stereocenters. The Kier molecular flexibility index (Phi) is 6.74. The Morgan fingerprint density at radius 3 is 2.36 bits per heavy atom. The van der Waals surface area contributed by atoms with E-state index in [1.165, 1.54) is 12.1 Å². The van der Waals surface area contributed by atoms with Gasteiger partial charge in [-0.15, -0.1) is 5.10 Å². The lowest BCUT2D eigenvalue weighted by Crippen LogP contribution is -2.49. The van der Waals surface area contributed by atoms with E-state index in [9.17, 15) is 18.0 Å². The molecule has 0 spiro atoms. The molecule has 1 atom stereocenters. The first-order chi connectivity index (χ1) is 18.3. The molecule has 0 radical (unpaired) electrons. The van der Waals surface area contributed by atoms with Gasteiger partial charge < -0.3 is 9.88 Å². The molecule has 0 aliphatic carbocycles. The van der Waals surface area contributed by atoms with Crippen molar-refractivity contribution in [1.82, 2.24) is 30.1 Å². The van der Waals surface area contributed by atoms with Crippen LogP contribution in [0.3, 0.4) is 0 Å². The van der Waals surface area contributed by atoms with Crippen molar-refractivity contribution in [2.24, 2.45) is 0 Å². The highest BCUT2D eigenvalue weighted by Gasteiger charge is 2.36. The summed E-state index contributed by atoms with van der Waals surface area (Å²) in [6.45, 7) is 11.9. The topological polar surface area (TPSA) is 82.9 Å². The smallest absolute Gasteiger partial charge is 0.369 e. The normalized spacial score (nSPS) is 16.2. The van der Waals surface area contributed by atoms with Gasteiger partial charge in [-0.1, -0.05) is 17.7 Å². The van der Waals surface area contributed by atoms with Crippen LogP contribution in [-0.4, -0.2) is 56.3 Å². The van der Waals surface area contributed by atoms with E-state index in [-0.39, 0.29) is 5.56 Å². The van der Waals surface area contributed by atoms with Crippen molar-refractivity contribution in [3.05, 3.63) is 80.9 Å². The van der Waals surface area contributed by atoms with Crippen molar-refractivity contribution >= 4 is 16.6 Å². The van der Waals surface area contributed by atoms with Crippen LogP contribution < -0.4 is 10.5 Å². The number of aromatic amines is 1. The van der Waals surface area contributed by atoms with Gasteiger partial charge in [0, 0.05) is 37.4 Å². The lowest BCUT2D eigenvalue weighted by atomic mass is 9.99. The first-order valence-electron chi connectivity index (χ1n) is 12.9. The van der Waals surface area contributed by atoms with Gasteiger partial charge in [0.05, 0.1) is 16.6 Å². The second-order valence-electron chi connectivity index (χ2n) is 11.2. The number of hydrogen-bond acceptors (Lipinski definition) is 6. The molecule has 0 amide bonds. The summed E-state index contributed by atoms with van der Waals surface area (Å²) in [6, 6.07) is 10.8. The number of aromatic nitrogens is 5. The molecule has 1 aliphatic heterocycles. The molecule has 206 valence electrons. The molecule has 1 N–H and O–H groups in total. The minimum absolute atomic E-state index is 0.219. The number of pyridine rings is 1. The zero-order valence-electron chi connectivity index (χ0n) is 22.7. The summed E-state index contributed by atoms with van der Waals surface area (Å²) < 4.78 is 41.6. The molecule has 0 bridgehead atoms. The fourth-order valence-electron chi connectivity index (χ4n) is 5.37. The lowest BCUT2D eigenvalue weighted by Gasteiger charge is -2.40. The van der Waals surface area contributed by atoms with E-state index in [4.69, 9.17) is 0 Å². The summed E-state index contributed by atoms with van der Waals surface area (Å²) in [5.74, 6) is 0.546. The van der Waals surface area contributed by atoms with Crippen LogP contribution in [0.5, 0.6) is 0 Å². The molecule has 1 saturated heterocycles. The van der Waals surface area contributed by atoms with E-state index in [0.717, 1.165) is 28.1 Å². The summed E-state index contributed by atoms with van der Waals surface area (Å²) in [4.78, 5) is 20.7. The van der Waals surface area contributed by atoms with Crippen LogP contribution in [0.15, 0.2) is 47.3 Å². The number of anilines is 1. The zero-order chi connectivity index (χ0) is 28.1.